The van der Waals surface area contributed by atoms with Gasteiger partial charge in [0.15, 0.2) is 5.78 Å². The van der Waals surface area contributed by atoms with Crippen LogP contribution in [0.1, 0.15) is 23.6 Å². The van der Waals surface area contributed by atoms with Crippen LogP contribution in [0.5, 0.6) is 0 Å². The summed E-state index contributed by atoms with van der Waals surface area (Å²) >= 11 is 0. The molecule has 2 heteroatoms. The fourth-order valence-corrected chi connectivity index (χ4v) is 3.35. The molecule has 0 aliphatic carbocycles. The van der Waals surface area contributed by atoms with Crippen molar-refractivity contribution in [3.05, 3.63) is 120 Å². The quantitative estimate of drug-likeness (QED) is 0.468. The maximum Gasteiger partial charge on any atom is 0.152 e. The second kappa shape index (κ2) is 10.4. The Morgan fingerprint density at radius 1 is 0.750 bits per heavy atom. The van der Waals surface area contributed by atoms with Gasteiger partial charge < -0.3 is 0 Å². The van der Waals surface area contributed by atoms with Gasteiger partial charge in [-0.3, -0.25) is 9.69 Å². The molecule has 0 aliphatic rings. The van der Waals surface area contributed by atoms with Gasteiger partial charge in [-0.25, -0.2) is 0 Å². The van der Waals surface area contributed by atoms with E-state index in [0.717, 1.165) is 19.5 Å². The largest absolute Gasteiger partial charge is 0.295 e. The van der Waals surface area contributed by atoms with E-state index in [1.807, 2.05) is 18.2 Å². The molecule has 1 atom stereocenters. The van der Waals surface area contributed by atoms with Gasteiger partial charge in [-0.2, -0.15) is 0 Å². The van der Waals surface area contributed by atoms with E-state index in [9.17, 15) is 4.79 Å². The van der Waals surface area contributed by atoms with Gasteiger partial charge in [0, 0.05) is 19.1 Å². The van der Waals surface area contributed by atoms with Crippen molar-refractivity contribution in [1.29, 1.82) is 0 Å². The van der Waals surface area contributed by atoms with Crippen molar-refractivity contribution in [3.63, 3.8) is 0 Å². The number of carbonyl (C=O) groups is 1. The lowest BCUT2D eigenvalue weighted by Crippen LogP contribution is -2.34. The Morgan fingerprint density at radius 2 is 1.18 bits per heavy atom. The van der Waals surface area contributed by atoms with Crippen molar-refractivity contribution < 1.29 is 4.79 Å². The lowest BCUT2D eigenvalue weighted by atomic mass is 10.0. The minimum absolute atomic E-state index is 0.0810. The number of carbonyl (C=O) groups excluding carboxylic acids is 1. The summed E-state index contributed by atoms with van der Waals surface area (Å²) < 4.78 is 0. The molecule has 0 aromatic heterocycles. The van der Waals surface area contributed by atoms with Crippen molar-refractivity contribution in [1.82, 2.24) is 4.90 Å². The summed E-state index contributed by atoms with van der Waals surface area (Å²) in [5, 5.41) is 0. The molecule has 0 amide bonds. The standard InChI is InChI=1S/C26H27NO/c1-22(28)17-18-26(19-23-11-5-2-6-12-23)27(20-24-13-7-3-8-14-24)21-25-15-9-4-10-16-25/h2-18,26H,19-21H2,1H3/b18-17+/t26-/m1/s1. The first-order valence-electron chi connectivity index (χ1n) is 9.75. The van der Waals surface area contributed by atoms with Crippen LogP contribution in [-0.2, 0) is 24.3 Å². The van der Waals surface area contributed by atoms with Crippen LogP contribution in [0, 0.1) is 0 Å². The second-order valence-corrected chi connectivity index (χ2v) is 7.10. The smallest absolute Gasteiger partial charge is 0.152 e. The molecule has 0 N–H and O–H groups in total. The summed E-state index contributed by atoms with van der Waals surface area (Å²) in [6, 6.07) is 31.6. The molecule has 142 valence electrons. The maximum atomic E-state index is 11.6. The molecule has 3 aromatic carbocycles. The molecule has 0 radical (unpaired) electrons. The van der Waals surface area contributed by atoms with Crippen LogP contribution in [0.25, 0.3) is 0 Å². The number of hydrogen-bond donors (Lipinski definition) is 0. The van der Waals surface area contributed by atoms with E-state index in [1.54, 1.807) is 13.0 Å². The number of nitrogens with zero attached hydrogens (tertiary/aromatic N) is 1. The summed E-state index contributed by atoms with van der Waals surface area (Å²) in [7, 11) is 0. The third-order valence-corrected chi connectivity index (χ3v) is 4.77. The van der Waals surface area contributed by atoms with Gasteiger partial charge in [0.25, 0.3) is 0 Å². The average molecular weight is 370 g/mol. The summed E-state index contributed by atoms with van der Waals surface area (Å²) in [5.41, 5.74) is 3.81. The van der Waals surface area contributed by atoms with Gasteiger partial charge >= 0.3 is 0 Å². The molecule has 0 bridgehead atoms. The van der Waals surface area contributed by atoms with E-state index in [0.29, 0.717) is 0 Å². The third kappa shape index (κ3) is 6.33. The summed E-state index contributed by atoms with van der Waals surface area (Å²) in [4.78, 5) is 14.1. The molecule has 0 fully saturated rings. The minimum atomic E-state index is 0.0810. The van der Waals surface area contributed by atoms with E-state index >= 15 is 0 Å². The van der Waals surface area contributed by atoms with Gasteiger partial charge in [-0.05, 0) is 36.1 Å². The Kier molecular flexibility index (Phi) is 7.34. The molecule has 0 aliphatic heterocycles. The van der Waals surface area contributed by atoms with Gasteiger partial charge in [0.1, 0.15) is 0 Å². The number of rotatable bonds is 9. The molecule has 3 rings (SSSR count). The van der Waals surface area contributed by atoms with Gasteiger partial charge in [-0.15, -0.1) is 0 Å². The topological polar surface area (TPSA) is 20.3 Å². The summed E-state index contributed by atoms with van der Waals surface area (Å²) in [5.74, 6) is 0.0810. The van der Waals surface area contributed by atoms with Crippen molar-refractivity contribution in [2.24, 2.45) is 0 Å². The predicted octanol–water partition coefficient (Wildman–Crippen LogP) is 5.45. The van der Waals surface area contributed by atoms with Gasteiger partial charge in [-0.1, -0.05) is 97.1 Å². The van der Waals surface area contributed by atoms with Crippen LogP contribution in [0.2, 0.25) is 0 Å². The fraction of sp³-hybridized carbons (Fsp3) is 0.192. The van der Waals surface area contributed by atoms with Crippen molar-refractivity contribution >= 4 is 5.78 Å². The highest BCUT2D eigenvalue weighted by Gasteiger charge is 2.18. The molecule has 28 heavy (non-hydrogen) atoms. The zero-order valence-corrected chi connectivity index (χ0v) is 16.4. The Balaban J connectivity index is 1.90. The number of hydrogen-bond acceptors (Lipinski definition) is 2. The van der Waals surface area contributed by atoms with Crippen LogP contribution in [0.15, 0.2) is 103 Å². The number of allylic oxidation sites excluding steroid dienone is 1. The van der Waals surface area contributed by atoms with Crippen molar-refractivity contribution in [2.45, 2.75) is 32.5 Å². The SMILES string of the molecule is CC(=O)/C=C/[C@H](Cc1ccccc1)N(Cc1ccccc1)Cc1ccccc1. The Labute approximate surface area is 168 Å². The molecule has 2 nitrogen and oxygen atoms in total. The average Bonchev–Trinajstić information content (AvgIpc) is 2.73. The molecule has 3 aromatic rings. The lowest BCUT2D eigenvalue weighted by molar-refractivity contribution is -0.112. The van der Waals surface area contributed by atoms with Crippen LogP contribution < -0.4 is 0 Å². The van der Waals surface area contributed by atoms with Crippen LogP contribution in [0.3, 0.4) is 0 Å². The van der Waals surface area contributed by atoms with Crippen molar-refractivity contribution in [2.75, 3.05) is 0 Å². The van der Waals surface area contributed by atoms with Crippen molar-refractivity contribution in [3.8, 4) is 0 Å². The highest BCUT2D eigenvalue weighted by atomic mass is 16.1. The molecule has 0 saturated carbocycles. The van der Waals surface area contributed by atoms with Gasteiger partial charge in [0.05, 0.1) is 0 Å². The van der Waals surface area contributed by atoms with E-state index in [2.05, 4.69) is 83.8 Å². The molecular formula is C26H27NO. The predicted molar refractivity (Wildman–Crippen MR) is 116 cm³/mol. The summed E-state index contributed by atoms with van der Waals surface area (Å²) in [6.45, 7) is 3.26. The molecule has 0 unspecified atom stereocenters. The third-order valence-electron chi connectivity index (χ3n) is 4.77. The highest BCUT2D eigenvalue weighted by Crippen LogP contribution is 2.18. The van der Waals surface area contributed by atoms with E-state index in [4.69, 9.17) is 0 Å². The highest BCUT2D eigenvalue weighted by molar-refractivity contribution is 5.87. The minimum Gasteiger partial charge on any atom is -0.295 e. The Bertz CT molecular complexity index is 831. The molecule has 0 heterocycles. The molecule has 0 saturated heterocycles. The van der Waals surface area contributed by atoms with Crippen LogP contribution in [0.4, 0.5) is 0 Å². The van der Waals surface area contributed by atoms with Crippen LogP contribution >= 0.6 is 0 Å². The maximum absolute atomic E-state index is 11.6. The van der Waals surface area contributed by atoms with Gasteiger partial charge in [0.2, 0.25) is 0 Å². The van der Waals surface area contributed by atoms with E-state index < -0.39 is 0 Å². The molecular weight excluding hydrogens is 342 g/mol. The van der Waals surface area contributed by atoms with E-state index in [1.165, 1.54) is 16.7 Å². The van der Waals surface area contributed by atoms with Crippen LogP contribution in [-0.4, -0.2) is 16.7 Å². The fourth-order valence-electron chi connectivity index (χ4n) is 3.35. The zero-order chi connectivity index (χ0) is 19.6. The van der Waals surface area contributed by atoms with E-state index in [-0.39, 0.29) is 11.8 Å². The second-order valence-electron chi connectivity index (χ2n) is 7.10. The Morgan fingerprint density at radius 3 is 1.61 bits per heavy atom. The first-order chi connectivity index (χ1) is 13.7. The number of ketones is 1. The lowest BCUT2D eigenvalue weighted by Gasteiger charge is -2.30. The Hall–Kier alpha value is -2.97. The number of benzene rings is 3. The molecule has 0 spiro atoms. The monoisotopic (exact) mass is 369 g/mol. The first-order valence-corrected chi connectivity index (χ1v) is 9.75. The normalized spacial score (nSPS) is 12.4. The first kappa shape index (κ1) is 19.8. The zero-order valence-electron chi connectivity index (χ0n) is 16.4. The summed E-state index contributed by atoms with van der Waals surface area (Å²) in [6.07, 6.45) is 4.63.